The van der Waals surface area contributed by atoms with Gasteiger partial charge >= 0.3 is 6.01 Å². The number of hydrazine groups is 1. The topological polar surface area (TPSA) is 114 Å². The second kappa shape index (κ2) is 9.14. The second-order valence-electron chi connectivity index (χ2n) is 7.97. The van der Waals surface area contributed by atoms with E-state index in [1.165, 1.54) is 5.01 Å². The summed E-state index contributed by atoms with van der Waals surface area (Å²) in [5.74, 6) is -0.923. The molecule has 1 fully saturated rings. The molecule has 170 valence electrons. The highest BCUT2D eigenvalue weighted by atomic mass is 16.5. The molecule has 1 aromatic heterocycles. The molecular weight excluding hydrogens is 434 g/mol. The minimum Gasteiger partial charge on any atom is -0.424 e. The van der Waals surface area contributed by atoms with Crippen LogP contribution in [0.4, 0.5) is 11.4 Å². The highest BCUT2D eigenvalue weighted by molar-refractivity contribution is 6.07. The van der Waals surface area contributed by atoms with Gasteiger partial charge in [0.2, 0.25) is 11.8 Å². The first-order valence-corrected chi connectivity index (χ1v) is 10.8. The Hall–Kier alpha value is -4.53. The van der Waals surface area contributed by atoms with E-state index in [1.807, 2.05) is 12.2 Å². The molecule has 3 aromatic rings. The molecule has 34 heavy (non-hydrogen) atoms. The van der Waals surface area contributed by atoms with E-state index in [4.69, 9.17) is 4.74 Å². The first kappa shape index (κ1) is 21.3. The summed E-state index contributed by atoms with van der Waals surface area (Å²) in [4.78, 5) is 46.4. The molecule has 1 saturated heterocycles. The largest absolute Gasteiger partial charge is 0.424 e. The lowest BCUT2D eigenvalue weighted by Crippen LogP contribution is -2.59. The average molecular weight is 455 g/mol. The molecule has 2 aromatic carbocycles. The predicted molar refractivity (Wildman–Crippen MR) is 124 cm³/mol. The fourth-order valence-electron chi connectivity index (χ4n) is 4.02. The van der Waals surface area contributed by atoms with Crippen LogP contribution in [0.5, 0.6) is 11.8 Å². The van der Waals surface area contributed by atoms with Crippen LogP contribution < -0.4 is 20.5 Å². The van der Waals surface area contributed by atoms with Crippen LogP contribution in [0.15, 0.2) is 79.1 Å². The highest BCUT2D eigenvalue weighted by Gasteiger charge is 2.42. The lowest BCUT2D eigenvalue weighted by atomic mass is 9.80. The Morgan fingerprint density at radius 1 is 0.971 bits per heavy atom. The van der Waals surface area contributed by atoms with Crippen molar-refractivity contribution in [1.82, 2.24) is 15.4 Å². The van der Waals surface area contributed by atoms with Crippen LogP contribution in [-0.4, -0.2) is 27.7 Å². The van der Waals surface area contributed by atoms with Crippen LogP contribution in [0.25, 0.3) is 0 Å². The van der Waals surface area contributed by atoms with Gasteiger partial charge in [0, 0.05) is 23.6 Å². The average Bonchev–Trinajstić information content (AvgIpc) is 2.88. The minimum absolute atomic E-state index is 0.176. The van der Waals surface area contributed by atoms with Crippen molar-refractivity contribution >= 4 is 29.1 Å². The van der Waals surface area contributed by atoms with Crippen molar-refractivity contribution in [3.05, 3.63) is 84.7 Å². The predicted octanol–water partition coefficient (Wildman–Crippen LogP) is 3.48. The number of ether oxygens (including phenoxy) is 1. The third kappa shape index (κ3) is 4.36. The molecule has 2 N–H and O–H groups in total. The van der Waals surface area contributed by atoms with Crippen LogP contribution in [0.2, 0.25) is 0 Å². The van der Waals surface area contributed by atoms with Gasteiger partial charge in [-0.25, -0.2) is 15.0 Å². The lowest BCUT2D eigenvalue weighted by molar-refractivity contribution is -0.139. The Bertz CT molecular complexity index is 1260. The summed E-state index contributed by atoms with van der Waals surface area (Å²) in [5.41, 5.74) is 4.03. The molecule has 2 heterocycles. The number of nitrogens with zero attached hydrogens (tertiary/aromatic N) is 3. The summed E-state index contributed by atoms with van der Waals surface area (Å²) in [6, 6.07) is 15.3. The maximum absolute atomic E-state index is 13.0. The van der Waals surface area contributed by atoms with Crippen LogP contribution in [0, 0.1) is 11.8 Å². The number of fused-ring (bicyclic) bond motifs is 1. The van der Waals surface area contributed by atoms with Crippen molar-refractivity contribution < 1.29 is 19.1 Å². The summed E-state index contributed by atoms with van der Waals surface area (Å²) >= 11 is 0. The smallest absolute Gasteiger partial charge is 0.321 e. The van der Waals surface area contributed by atoms with E-state index in [2.05, 4.69) is 20.7 Å². The maximum Gasteiger partial charge on any atom is 0.321 e. The van der Waals surface area contributed by atoms with Gasteiger partial charge in [-0.05, 0) is 61.4 Å². The van der Waals surface area contributed by atoms with Crippen LogP contribution in [0.1, 0.15) is 23.2 Å². The van der Waals surface area contributed by atoms with Gasteiger partial charge in [-0.1, -0.05) is 18.2 Å². The number of aromatic nitrogens is 2. The summed E-state index contributed by atoms with van der Waals surface area (Å²) in [5, 5.41) is 4.07. The molecule has 9 nitrogen and oxygen atoms in total. The number of allylic oxidation sites excluding steroid dienone is 2. The SMILES string of the molecule is O=C(Nc1ccc(Oc2ncccn2)cc1)c1cccc(N2NC(=O)C3CC=CCC3C2=O)c1. The fraction of sp³-hybridized carbons (Fsp3) is 0.160. The Kier molecular flexibility index (Phi) is 5.73. The molecule has 1 aliphatic carbocycles. The molecule has 2 unspecified atom stereocenters. The number of hydrogen-bond acceptors (Lipinski definition) is 6. The number of carbonyl (C=O) groups is 3. The fourth-order valence-corrected chi connectivity index (χ4v) is 4.02. The Balaban J connectivity index is 1.28. The Morgan fingerprint density at radius 3 is 2.47 bits per heavy atom. The van der Waals surface area contributed by atoms with Crippen molar-refractivity contribution in [2.45, 2.75) is 12.8 Å². The van der Waals surface area contributed by atoms with Gasteiger partial charge in [0.1, 0.15) is 5.75 Å². The monoisotopic (exact) mass is 455 g/mol. The van der Waals surface area contributed by atoms with Crippen molar-refractivity contribution in [3.63, 3.8) is 0 Å². The second-order valence-corrected chi connectivity index (χ2v) is 7.97. The maximum atomic E-state index is 13.0. The molecule has 9 heteroatoms. The summed E-state index contributed by atoms with van der Waals surface area (Å²) in [6.07, 6.45) is 8.12. The lowest BCUT2D eigenvalue weighted by Gasteiger charge is -2.38. The minimum atomic E-state index is -0.391. The molecule has 3 amide bonds. The van der Waals surface area contributed by atoms with E-state index >= 15 is 0 Å². The quantitative estimate of drug-likeness (QED) is 0.570. The number of benzene rings is 2. The van der Waals surface area contributed by atoms with Crippen LogP contribution in [0.3, 0.4) is 0 Å². The standard InChI is InChI=1S/C25H21N5O4/c31-22(28-17-9-11-19(12-10-17)34-25-26-13-4-14-27-25)16-5-3-6-18(15-16)30-24(33)21-8-2-1-7-20(21)23(32)29-30/h1-6,9-15,20-21H,7-8H2,(H,28,31)(H,29,32). The number of nitrogens with one attached hydrogen (secondary N) is 2. The van der Waals surface area contributed by atoms with Gasteiger partial charge in [0.05, 0.1) is 17.5 Å². The van der Waals surface area contributed by atoms with Crippen LogP contribution >= 0.6 is 0 Å². The molecular formula is C25H21N5O4. The van der Waals surface area contributed by atoms with Gasteiger partial charge in [-0.3, -0.25) is 19.8 Å². The molecule has 5 rings (SSSR count). The van der Waals surface area contributed by atoms with Gasteiger partial charge < -0.3 is 10.1 Å². The van der Waals surface area contributed by atoms with Gasteiger partial charge in [0.15, 0.2) is 0 Å². The van der Waals surface area contributed by atoms with Crippen LogP contribution in [-0.2, 0) is 9.59 Å². The number of hydrogen-bond donors (Lipinski definition) is 2. The molecule has 0 saturated carbocycles. The first-order chi connectivity index (χ1) is 16.6. The number of rotatable bonds is 5. The molecule has 0 radical (unpaired) electrons. The summed E-state index contributed by atoms with van der Waals surface area (Å²) in [6.45, 7) is 0. The molecule has 2 aliphatic rings. The molecule has 0 bridgehead atoms. The zero-order valence-electron chi connectivity index (χ0n) is 18.0. The van der Waals surface area contributed by atoms with E-state index in [1.54, 1.807) is 67.0 Å². The van der Waals surface area contributed by atoms with E-state index < -0.39 is 5.92 Å². The van der Waals surface area contributed by atoms with Crippen molar-refractivity contribution in [2.75, 3.05) is 10.3 Å². The number of amides is 3. The molecule has 1 aliphatic heterocycles. The summed E-state index contributed by atoms with van der Waals surface area (Å²) < 4.78 is 5.55. The van der Waals surface area contributed by atoms with E-state index in [0.717, 1.165) is 0 Å². The van der Waals surface area contributed by atoms with E-state index in [-0.39, 0.29) is 29.6 Å². The molecule has 2 atom stereocenters. The molecule has 0 spiro atoms. The number of anilines is 2. The van der Waals surface area contributed by atoms with E-state index in [9.17, 15) is 14.4 Å². The van der Waals surface area contributed by atoms with Gasteiger partial charge in [0.25, 0.3) is 5.91 Å². The Morgan fingerprint density at radius 2 is 1.71 bits per heavy atom. The van der Waals surface area contributed by atoms with E-state index in [0.29, 0.717) is 35.5 Å². The zero-order chi connectivity index (χ0) is 23.5. The van der Waals surface area contributed by atoms with Crippen molar-refractivity contribution in [3.8, 4) is 11.8 Å². The third-order valence-electron chi connectivity index (χ3n) is 5.76. The van der Waals surface area contributed by atoms with Crippen molar-refractivity contribution in [2.24, 2.45) is 11.8 Å². The zero-order valence-corrected chi connectivity index (χ0v) is 18.0. The Labute approximate surface area is 195 Å². The first-order valence-electron chi connectivity index (χ1n) is 10.8. The van der Waals surface area contributed by atoms with Crippen molar-refractivity contribution in [1.29, 1.82) is 0 Å². The summed E-state index contributed by atoms with van der Waals surface area (Å²) in [7, 11) is 0. The normalized spacial score (nSPS) is 19.2. The van der Waals surface area contributed by atoms with Gasteiger partial charge in [-0.15, -0.1) is 0 Å². The van der Waals surface area contributed by atoms with Gasteiger partial charge in [-0.2, -0.15) is 0 Å². The highest BCUT2D eigenvalue weighted by Crippen LogP contribution is 2.32. The number of carbonyl (C=O) groups excluding carboxylic acids is 3. The third-order valence-corrected chi connectivity index (χ3v) is 5.76.